The lowest BCUT2D eigenvalue weighted by atomic mass is 10.3. The zero-order valence-corrected chi connectivity index (χ0v) is 7.84. The second-order valence-electron chi connectivity index (χ2n) is 2.43. The molecule has 1 aromatic heterocycles. The number of rotatable bonds is 4. The average molecular weight is 206 g/mol. The molecule has 0 bridgehead atoms. The normalized spacial score (nSPS) is 11.6. The van der Waals surface area contributed by atoms with Gasteiger partial charge in [0, 0.05) is 0 Å². The van der Waals surface area contributed by atoms with E-state index in [9.17, 15) is 4.79 Å². The number of nitrogens with one attached hydrogen (secondary N) is 2. The summed E-state index contributed by atoms with van der Waals surface area (Å²) in [7, 11) is 0. The summed E-state index contributed by atoms with van der Waals surface area (Å²) in [5.41, 5.74) is 5.49. The fraction of sp³-hybridized carbons (Fsp3) is 0. The van der Waals surface area contributed by atoms with Crippen LogP contribution in [-0.2, 0) is 4.79 Å². The SMILES string of the molecule is C=C/C=C\C=C(/N)C(=O)Nc1nn[nH]n1. The van der Waals surface area contributed by atoms with E-state index in [1.165, 1.54) is 6.08 Å². The van der Waals surface area contributed by atoms with Crippen LogP contribution >= 0.6 is 0 Å². The topological polar surface area (TPSA) is 110 Å². The minimum absolute atomic E-state index is 0.0397. The first-order valence-electron chi connectivity index (χ1n) is 4.03. The minimum Gasteiger partial charge on any atom is -0.394 e. The lowest BCUT2D eigenvalue weighted by Crippen LogP contribution is -2.20. The van der Waals surface area contributed by atoms with Crippen molar-refractivity contribution in [2.45, 2.75) is 0 Å². The summed E-state index contributed by atoms with van der Waals surface area (Å²) in [6.07, 6.45) is 6.25. The van der Waals surface area contributed by atoms with Crippen LogP contribution in [0.25, 0.3) is 0 Å². The van der Waals surface area contributed by atoms with Crippen LogP contribution in [0.15, 0.2) is 36.6 Å². The minimum atomic E-state index is -0.495. The van der Waals surface area contributed by atoms with E-state index in [-0.39, 0.29) is 11.6 Å². The van der Waals surface area contributed by atoms with Gasteiger partial charge in [0.25, 0.3) is 11.9 Å². The molecular weight excluding hydrogens is 196 g/mol. The van der Waals surface area contributed by atoms with Crippen LogP contribution < -0.4 is 11.1 Å². The Labute approximate surface area is 85.7 Å². The van der Waals surface area contributed by atoms with Gasteiger partial charge in [-0.2, -0.15) is 5.21 Å². The summed E-state index contributed by atoms with van der Waals surface area (Å²) in [5, 5.41) is 14.9. The predicted octanol–water partition coefficient (Wildman–Crippen LogP) is -0.277. The Kier molecular flexibility index (Phi) is 3.78. The zero-order chi connectivity index (χ0) is 11.1. The number of nitrogens with two attached hydrogens (primary N) is 1. The van der Waals surface area contributed by atoms with Crippen molar-refractivity contribution in [2.75, 3.05) is 5.32 Å². The summed E-state index contributed by atoms with van der Waals surface area (Å²) in [6, 6.07) is 0. The number of allylic oxidation sites excluding steroid dienone is 4. The molecule has 0 saturated heterocycles. The van der Waals surface area contributed by atoms with E-state index >= 15 is 0 Å². The Morgan fingerprint density at radius 1 is 1.53 bits per heavy atom. The highest BCUT2D eigenvalue weighted by molar-refractivity contribution is 6.02. The summed E-state index contributed by atoms with van der Waals surface area (Å²) >= 11 is 0. The molecule has 4 N–H and O–H groups in total. The van der Waals surface area contributed by atoms with E-state index in [2.05, 4.69) is 32.5 Å². The van der Waals surface area contributed by atoms with Crippen LogP contribution in [0.2, 0.25) is 0 Å². The van der Waals surface area contributed by atoms with Crippen molar-refractivity contribution >= 4 is 11.9 Å². The number of carbonyl (C=O) groups excluding carboxylic acids is 1. The number of H-pyrrole nitrogens is 1. The van der Waals surface area contributed by atoms with Gasteiger partial charge in [-0.3, -0.25) is 10.1 Å². The summed E-state index contributed by atoms with van der Waals surface area (Å²) in [4.78, 5) is 11.3. The first-order valence-corrected chi connectivity index (χ1v) is 4.03. The van der Waals surface area contributed by atoms with Crippen molar-refractivity contribution in [1.82, 2.24) is 20.6 Å². The Morgan fingerprint density at radius 2 is 2.33 bits per heavy atom. The highest BCUT2D eigenvalue weighted by Gasteiger charge is 2.06. The Hall–Kier alpha value is -2.44. The van der Waals surface area contributed by atoms with Crippen molar-refractivity contribution in [2.24, 2.45) is 5.73 Å². The molecule has 0 saturated carbocycles. The van der Waals surface area contributed by atoms with Crippen LogP contribution in [0.3, 0.4) is 0 Å². The number of anilines is 1. The van der Waals surface area contributed by atoms with Crippen molar-refractivity contribution in [3.8, 4) is 0 Å². The molecule has 0 atom stereocenters. The van der Waals surface area contributed by atoms with E-state index < -0.39 is 5.91 Å². The fourth-order valence-corrected chi connectivity index (χ4v) is 0.702. The van der Waals surface area contributed by atoms with Crippen molar-refractivity contribution in [3.05, 3.63) is 36.6 Å². The molecule has 0 aromatic carbocycles. The summed E-state index contributed by atoms with van der Waals surface area (Å²) < 4.78 is 0. The third kappa shape index (κ3) is 3.43. The number of hydrogen-bond donors (Lipinski definition) is 3. The van der Waals surface area contributed by atoms with E-state index in [0.29, 0.717) is 0 Å². The van der Waals surface area contributed by atoms with Crippen LogP contribution in [0.5, 0.6) is 0 Å². The Bertz CT molecular complexity index is 391. The number of tetrazole rings is 1. The maximum Gasteiger partial charge on any atom is 0.273 e. The van der Waals surface area contributed by atoms with Crippen LogP contribution in [0, 0.1) is 0 Å². The number of carbonyl (C=O) groups is 1. The monoisotopic (exact) mass is 206 g/mol. The summed E-state index contributed by atoms with van der Waals surface area (Å²) in [5.74, 6) is -0.422. The molecule has 0 aliphatic carbocycles. The lowest BCUT2D eigenvalue weighted by Gasteiger charge is -1.98. The second-order valence-corrected chi connectivity index (χ2v) is 2.43. The Morgan fingerprint density at radius 3 is 2.93 bits per heavy atom. The smallest absolute Gasteiger partial charge is 0.273 e. The largest absolute Gasteiger partial charge is 0.394 e. The van der Waals surface area contributed by atoms with Gasteiger partial charge < -0.3 is 5.73 Å². The third-order valence-electron chi connectivity index (χ3n) is 1.36. The summed E-state index contributed by atoms with van der Waals surface area (Å²) in [6.45, 7) is 3.47. The molecule has 7 nitrogen and oxygen atoms in total. The van der Waals surface area contributed by atoms with E-state index in [4.69, 9.17) is 5.73 Å². The third-order valence-corrected chi connectivity index (χ3v) is 1.36. The number of amides is 1. The molecule has 1 heterocycles. The van der Waals surface area contributed by atoms with Crippen LogP contribution in [0.4, 0.5) is 5.95 Å². The zero-order valence-electron chi connectivity index (χ0n) is 7.84. The van der Waals surface area contributed by atoms with E-state index in [1.54, 1.807) is 18.2 Å². The fourth-order valence-electron chi connectivity index (χ4n) is 0.702. The average Bonchev–Trinajstić information content (AvgIpc) is 2.70. The molecule has 0 unspecified atom stereocenters. The van der Waals surface area contributed by atoms with Gasteiger partial charge >= 0.3 is 0 Å². The molecular formula is C8H10N6O. The maximum atomic E-state index is 11.3. The van der Waals surface area contributed by atoms with Crippen LogP contribution in [0.1, 0.15) is 0 Å². The van der Waals surface area contributed by atoms with Gasteiger partial charge in [0.15, 0.2) is 0 Å². The first kappa shape index (κ1) is 10.6. The molecule has 1 amide bonds. The molecule has 0 fully saturated rings. The molecule has 0 aliphatic rings. The van der Waals surface area contributed by atoms with Gasteiger partial charge in [-0.05, 0) is 11.3 Å². The van der Waals surface area contributed by atoms with Gasteiger partial charge in [0.05, 0.1) is 5.70 Å². The van der Waals surface area contributed by atoms with Crippen molar-refractivity contribution in [3.63, 3.8) is 0 Å². The Balaban J connectivity index is 2.57. The number of hydrogen-bond acceptors (Lipinski definition) is 5. The number of aromatic nitrogens is 4. The standard InChI is InChI=1S/C8H10N6O/c1-2-3-4-5-6(9)7(15)10-8-11-13-14-12-8/h2-5H,1,9H2,(H2,10,11,12,13,14,15)/b4-3-,6-5-. The van der Waals surface area contributed by atoms with Gasteiger partial charge in [-0.1, -0.05) is 29.9 Å². The second kappa shape index (κ2) is 5.32. The quantitative estimate of drug-likeness (QED) is 0.463. The molecule has 7 heteroatoms. The predicted molar refractivity (Wildman–Crippen MR) is 54.4 cm³/mol. The molecule has 1 aromatic rings. The van der Waals surface area contributed by atoms with Gasteiger partial charge in [0.2, 0.25) is 0 Å². The van der Waals surface area contributed by atoms with Crippen molar-refractivity contribution in [1.29, 1.82) is 0 Å². The molecule has 0 spiro atoms. The van der Waals surface area contributed by atoms with Gasteiger partial charge in [-0.25, -0.2) is 0 Å². The van der Waals surface area contributed by atoms with Gasteiger partial charge in [0.1, 0.15) is 0 Å². The molecule has 0 radical (unpaired) electrons. The lowest BCUT2D eigenvalue weighted by molar-refractivity contribution is -0.112. The van der Waals surface area contributed by atoms with Gasteiger partial charge in [-0.15, -0.1) is 5.10 Å². The maximum absolute atomic E-state index is 11.3. The van der Waals surface area contributed by atoms with E-state index in [0.717, 1.165) is 0 Å². The molecule has 78 valence electrons. The number of nitrogens with zero attached hydrogens (tertiary/aromatic N) is 3. The number of aromatic amines is 1. The van der Waals surface area contributed by atoms with E-state index in [1.807, 2.05) is 0 Å². The van der Waals surface area contributed by atoms with Crippen LogP contribution in [-0.4, -0.2) is 26.5 Å². The molecule has 1 rings (SSSR count). The first-order chi connectivity index (χ1) is 7.24. The highest BCUT2D eigenvalue weighted by Crippen LogP contribution is 1.94. The van der Waals surface area contributed by atoms with Crippen molar-refractivity contribution < 1.29 is 4.79 Å². The highest BCUT2D eigenvalue weighted by atomic mass is 16.2. The molecule has 15 heavy (non-hydrogen) atoms. The molecule has 0 aliphatic heterocycles.